The number of hydrogen-bond donors (Lipinski definition) is 3. The summed E-state index contributed by atoms with van der Waals surface area (Å²) in [5, 5.41) is 29.3. The van der Waals surface area contributed by atoms with Crippen molar-refractivity contribution < 1.29 is 24.9 Å². The maximum atomic E-state index is 12.2. The number of unbranched alkanes of at least 4 members (excludes halogenated alkanes) is 3. The van der Waals surface area contributed by atoms with E-state index in [1.54, 1.807) is 13.0 Å². The molecule has 0 amide bonds. The van der Waals surface area contributed by atoms with E-state index in [-0.39, 0.29) is 30.5 Å². The van der Waals surface area contributed by atoms with Crippen molar-refractivity contribution in [3.63, 3.8) is 0 Å². The Bertz CT molecular complexity index is 507. The molecule has 1 aliphatic carbocycles. The van der Waals surface area contributed by atoms with Gasteiger partial charge in [0.2, 0.25) is 0 Å². The molecule has 0 bridgehead atoms. The number of carbonyl (C=O) groups is 2. The number of aliphatic hydroxyl groups is 2. The molecule has 4 atom stereocenters. The molecule has 0 saturated heterocycles. The fraction of sp³-hybridized carbons (Fsp3) is 0.714. The monoisotopic (exact) mass is 366 g/mol. The second-order valence-electron chi connectivity index (χ2n) is 7.59. The van der Waals surface area contributed by atoms with Crippen molar-refractivity contribution in [2.75, 3.05) is 0 Å². The minimum Gasteiger partial charge on any atom is -0.481 e. The molecule has 0 aromatic rings. The number of aliphatic hydroxyl groups excluding tert-OH is 1. The van der Waals surface area contributed by atoms with Gasteiger partial charge < -0.3 is 15.3 Å². The van der Waals surface area contributed by atoms with Crippen molar-refractivity contribution in [2.24, 2.45) is 11.8 Å². The fourth-order valence-electron chi connectivity index (χ4n) is 3.39. The summed E-state index contributed by atoms with van der Waals surface area (Å²) in [5.41, 5.74) is -0.919. The molecule has 0 heterocycles. The van der Waals surface area contributed by atoms with Gasteiger partial charge in [0.15, 0.2) is 0 Å². The van der Waals surface area contributed by atoms with Gasteiger partial charge in [-0.15, -0.1) is 0 Å². The normalized spacial score (nSPS) is 26.0. The van der Waals surface area contributed by atoms with Crippen molar-refractivity contribution >= 4 is 11.8 Å². The van der Waals surface area contributed by atoms with Crippen LogP contribution in [0.1, 0.15) is 71.6 Å². The van der Waals surface area contributed by atoms with E-state index in [0.717, 1.165) is 19.3 Å². The first-order valence-corrected chi connectivity index (χ1v) is 9.76. The zero-order valence-corrected chi connectivity index (χ0v) is 16.1. The molecule has 0 radical (unpaired) electrons. The first kappa shape index (κ1) is 22.6. The predicted molar refractivity (Wildman–Crippen MR) is 102 cm³/mol. The molecule has 26 heavy (non-hydrogen) atoms. The molecule has 1 rings (SSSR count). The fourth-order valence-corrected chi connectivity index (χ4v) is 3.39. The van der Waals surface area contributed by atoms with Gasteiger partial charge in [-0.25, -0.2) is 0 Å². The van der Waals surface area contributed by atoms with Crippen LogP contribution in [0.2, 0.25) is 0 Å². The van der Waals surface area contributed by atoms with E-state index >= 15 is 0 Å². The minimum atomic E-state index is -0.919. The maximum absolute atomic E-state index is 12.2. The molecule has 0 spiro atoms. The predicted octanol–water partition coefficient (Wildman–Crippen LogP) is 3.64. The highest BCUT2D eigenvalue weighted by Crippen LogP contribution is 2.34. The van der Waals surface area contributed by atoms with Crippen LogP contribution in [0.15, 0.2) is 24.3 Å². The van der Waals surface area contributed by atoms with Crippen LogP contribution in [0, 0.1) is 11.8 Å². The first-order chi connectivity index (χ1) is 12.3. The van der Waals surface area contributed by atoms with Gasteiger partial charge in [0, 0.05) is 24.7 Å². The zero-order valence-electron chi connectivity index (χ0n) is 16.1. The highest BCUT2D eigenvalue weighted by atomic mass is 16.4. The number of carbonyl (C=O) groups excluding carboxylic acids is 1. The third kappa shape index (κ3) is 8.28. The molecule has 5 nitrogen and oxygen atoms in total. The number of rotatable bonds is 12. The number of carboxylic acid groups (broad SMARTS) is 1. The Labute approximate surface area is 156 Å². The summed E-state index contributed by atoms with van der Waals surface area (Å²) in [6, 6.07) is 0. The van der Waals surface area contributed by atoms with E-state index in [1.807, 2.05) is 18.2 Å². The molecular weight excluding hydrogens is 332 g/mol. The Balaban J connectivity index is 2.58. The topological polar surface area (TPSA) is 94.8 Å². The van der Waals surface area contributed by atoms with Gasteiger partial charge in [-0.3, -0.25) is 9.59 Å². The van der Waals surface area contributed by atoms with Crippen LogP contribution in [0.25, 0.3) is 0 Å². The summed E-state index contributed by atoms with van der Waals surface area (Å²) in [4.78, 5) is 22.6. The summed E-state index contributed by atoms with van der Waals surface area (Å²) in [6.07, 6.45) is 12.5. The average Bonchev–Trinajstić information content (AvgIpc) is 2.82. The Hall–Kier alpha value is -1.46. The van der Waals surface area contributed by atoms with Gasteiger partial charge in [-0.05, 0) is 32.6 Å². The molecule has 1 fully saturated rings. The van der Waals surface area contributed by atoms with Crippen LogP contribution in [-0.4, -0.2) is 38.8 Å². The van der Waals surface area contributed by atoms with Crippen LogP contribution in [0.4, 0.5) is 0 Å². The van der Waals surface area contributed by atoms with Gasteiger partial charge in [0.05, 0.1) is 11.7 Å². The Morgan fingerprint density at radius 3 is 2.65 bits per heavy atom. The van der Waals surface area contributed by atoms with Crippen LogP contribution < -0.4 is 0 Å². The lowest BCUT2D eigenvalue weighted by atomic mass is 9.88. The van der Waals surface area contributed by atoms with E-state index in [9.17, 15) is 19.8 Å². The summed E-state index contributed by atoms with van der Waals surface area (Å²) in [7, 11) is 0. The summed E-state index contributed by atoms with van der Waals surface area (Å²) in [6.45, 7) is 3.88. The second kappa shape index (κ2) is 11.3. The summed E-state index contributed by atoms with van der Waals surface area (Å²) < 4.78 is 0. The molecule has 0 aromatic carbocycles. The van der Waals surface area contributed by atoms with E-state index in [4.69, 9.17) is 5.11 Å². The third-order valence-corrected chi connectivity index (χ3v) is 5.01. The molecule has 1 saturated carbocycles. The van der Waals surface area contributed by atoms with Gasteiger partial charge >= 0.3 is 5.97 Å². The molecule has 148 valence electrons. The summed E-state index contributed by atoms with van der Waals surface area (Å²) >= 11 is 0. The molecule has 3 N–H and O–H groups in total. The molecule has 1 aliphatic rings. The second-order valence-corrected chi connectivity index (χ2v) is 7.59. The van der Waals surface area contributed by atoms with E-state index in [1.165, 1.54) is 0 Å². The smallest absolute Gasteiger partial charge is 0.303 e. The Morgan fingerprint density at radius 2 is 2.00 bits per heavy atom. The van der Waals surface area contributed by atoms with Crippen molar-refractivity contribution in [2.45, 2.75) is 83.3 Å². The largest absolute Gasteiger partial charge is 0.481 e. The van der Waals surface area contributed by atoms with Crippen molar-refractivity contribution in [3.05, 3.63) is 24.3 Å². The van der Waals surface area contributed by atoms with Crippen LogP contribution in [-0.2, 0) is 9.59 Å². The summed E-state index contributed by atoms with van der Waals surface area (Å²) in [5.74, 6) is -1.30. The number of Topliss-reactive ketones (excluding diaryl/α,β-unsaturated/α-hetero) is 1. The lowest BCUT2D eigenvalue weighted by Gasteiger charge is -2.21. The number of carboxylic acids is 1. The standard InChI is InChI=1S/C21H34O5/c1-3-4-9-13-21(2,26)14-12-17-16(18(22)15-19(17)23)10-7-5-6-8-11-20(24)25/h5,7,12,14,16-17,19,23,26H,3-4,6,8-11,13,15H2,1-2H3,(H,24,25)/b7-5-,14-12+/t16-,17-,19-,21+/m1/s1. The van der Waals surface area contributed by atoms with Crippen molar-refractivity contribution in [1.29, 1.82) is 0 Å². The van der Waals surface area contributed by atoms with Gasteiger partial charge in [-0.2, -0.15) is 0 Å². The number of hydrogen-bond acceptors (Lipinski definition) is 4. The molecule has 5 heteroatoms. The Kier molecular flexibility index (Phi) is 9.81. The lowest BCUT2D eigenvalue weighted by Crippen LogP contribution is -2.23. The van der Waals surface area contributed by atoms with Crippen LogP contribution >= 0.6 is 0 Å². The molecule has 0 aromatic heterocycles. The maximum Gasteiger partial charge on any atom is 0.303 e. The van der Waals surface area contributed by atoms with Crippen molar-refractivity contribution in [3.8, 4) is 0 Å². The van der Waals surface area contributed by atoms with Crippen LogP contribution in [0.5, 0.6) is 0 Å². The molecule has 0 aliphatic heterocycles. The van der Waals surface area contributed by atoms with E-state index < -0.39 is 17.7 Å². The third-order valence-electron chi connectivity index (χ3n) is 5.01. The number of allylic oxidation sites excluding steroid dienone is 2. The average molecular weight is 366 g/mol. The molecule has 0 unspecified atom stereocenters. The quantitative estimate of drug-likeness (QED) is 0.362. The SMILES string of the molecule is CCCCC[C@](C)(O)/C=C/[C@H]1[C@H](O)CC(=O)[C@@H]1C/C=C\CCCC(=O)O. The number of aliphatic carboxylic acids is 1. The zero-order chi connectivity index (χ0) is 19.6. The first-order valence-electron chi connectivity index (χ1n) is 9.76. The highest BCUT2D eigenvalue weighted by molar-refractivity contribution is 5.84. The highest BCUT2D eigenvalue weighted by Gasteiger charge is 2.39. The van der Waals surface area contributed by atoms with E-state index in [0.29, 0.717) is 25.7 Å². The van der Waals surface area contributed by atoms with Crippen LogP contribution in [0.3, 0.4) is 0 Å². The molecular formula is C21H34O5. The number of ketones is 1. The van der Waals surface area contributed by atoms with E-state index in [2.05, 4.69) is 6.92 Å². The minimum absolute atomic E-state index is 0.0490. The van der Waals surface area contributed by atoms with Gasteiger partial charge in [0.1, 0.15) is 5.78 Å². The van der Waals surface area contributed by atoms with Crippen molar-refractivity contribution in [1.82, 2.24) is 0 Å². The van der Waals surface area contributed by atoms with Gasteiger partial charge in [0.25, 0.3) is 0 Å². The Morgan fingerprint density at radius 1 is 1.27 bits per heavy atom. The lowest BCUT2D eigenvalue weighted by molar-refractivity contribution is -0.137. The van der Waals surface area contributed by atoms with Gasteiger partial charge in [-0.1, -0.05) is 50.5 Å².